The highest BCUT2D eigenvalue weighted by molar-refractivity contribution is 7.47. The standard InChI is InChI=1S/C72H133N2O7P/c1-7-10-13-16-19-22-25-28-30-32-34-36-37-39-41-43-45-47-50-53-56-59-62-65-72(76)81-70(63-60-57-54-51-48-27-24-21-18-15-12-9-3)69(68-80-82(77,78)79-67-66-74(4,5)6)73-71(75)64-61-58-55-52-49-46-44-42-40-38-35-33-31-29-26-23-20-17-14-11-8-2/h10,13,19,22,28,30,34,36,39,41,60,63,69-70H,7-9,11-12,14-18,20-21,23-27,29,31-33,35,37-38,40,42-59,61-62,64-68H2,1-6H3,(H-,73,75,77,78)/p+1/b13-10-,22-19-,30-28-,36-34-,41-39-,63-60+. The van der Waals surface area contributed by atoms with Crippen LogP contribution in [0.5, 0.6) is 0 Å². The van der Waals surface area contributed by atoms with E-state index in [0.717, 1.165) is 103 Å². The van der Waals surface area contributed by atoms with Gasteiger partial charge in [0.05, 0.1) is 33.8 Å². The first-order valence-electron chi connectivity index (χ1n) is 34.8. The average molecular weight is 1170 g/mol. The number of hydrogen-bond donors (Lipinski definition) is 2. The van der Waals surface area contributed by atoms with Gasteiger partial charge in [-0.3, -0.25) is 18.6 Å². The van der Waals surface area contributed by atoms with Gasteiger partial charge in [-0.25, -0.2) is 4.57 Å². The third-order valence-corrected chi connectivity index (χ3v) is 16.4. The maximum Gasteiger partial charge on any atom is 0.472 e. The Bertz CT molecular complexity index is 1630. The second-order valence-corrected chi connectivity index (χ2v) is 26.1. The van der Waals surface area contributed by atoms with Crippen LogP contribution >= 0.6 is 7.82 Å². The molecule has 0 heterocycles. The third kappa shape index (κ3) is 62.0. The molecule has 3 atom stereocenters. The van der Waals surface area contributed by atoms with Crippen LogP contribution in [0.4, 0.5) is 0 Å². The van der Waals surface area contributed by atoms with E-state index < -0.39 is 20.0 Å². The Morgan fingerprint density at radius 3 is 1.17 bits per heavy atom. The van der Waals surface area contributed by atoms with Gasteiger partial charge in [0.2, 0.25) is 5.91 Å². The molecule has 0 bridgehead atoms. The molecule has 9 nitrogen and oxygen atoms in total. The Hall–Kier alpha value is -2.55. The predicted octanol–water partition coefficient (Wildman–Crippen LogP) is 22.0. The minimum atomic E-state index is -4.46. The number of nitrogens with one attached hydrogen (secondary N) is 1. The Kier molecular flexibility index (Phi) is 59.6. The first-order valence-corrected chi connectivity index (χ1v) is 36.3. The number of unbranched alkanes of at least 4 members (excludes halogenated alkanes) is 37. The molecule has 0 aliphatic carbocycles. The fraction of sp³-hybridized carbons (Fsp3) is 0.806. The van der Waals surface area contributed by atoms with Crippen LogP contribution in [0.3, 0.4) is 0 Å². The number of allylic oxidation sites excluding steroid dienone is 11. The maximum atomic E-state index is 13.6. The van der Waals surface area contributed by atoms with Crippen molar-refractivity contribution < 1.29 is 37.3 Å². The molecule has 2 N–H and O–H groups in total. The fourth-order valence-corrected chi connectivity index (χ4v) is 10.8. The summed E-state index contributed by atoms with van der Waals surface area (Å²) in [6.45, 7) is 6.93. The Morgan fingerprint density at radius 1 is 0.439 bits per heavy atom. The van der Waals surface area contributed by atoms with Crippen molar-refractivity contribution in [3.63, 3.8) is 0 Å². The van der Waals surface area contributed by atoms with Crippen LogP contribution in [-0.2, 0) is 27.9 Å². The number of likely N-dealkylation sites (N-methyl/N-ethyl adjacent to an activating group) is 1. The smallest absolute Gasteiger partial charge is 0.456 e. The fourth-order valence-electron chi connectivity index (χ4n) is 10.1. The lowest BCUT2D eigenvalue weighted by atomic mass is 10.0. The van der Waals surface area contributed by atoms with Gasteiger partial charge in [-0.15, -0.1) is 0 Å². The number of ether oxygens (including phenoxy) is 1. The van der Waals surface area contributed by atoms with Crippen molar-refractivity contribution in [3.05, 3.63) is 72.9 Å². The quantitative estimate of drug-likeness (QED) is 0.0205. The van der Waals surface area contributed by atoms with Crippen LogP contribution in [0.1, 0.15) is 323 Å². The molecule has 3 unspecified atom stereocenters. The highest BCUT2D eigenvalue weighted by Crippen LogP contribution is 2.43. The van der Waals surface area contributed by atoms with Gasteiger partial charge < -0.3 is 19.4 Å². The van der Waals surface area contributed by atoms with E-state index in [9.17, 15) is 19.0 Å². The van der Waals surface area contributed by atoms with Crippen molar-refractivity contribution in [1.82, 2.24) is 5.32 Å². The van der Waals surface area contributed by atoms with Crippen LogP contribution < -0.4 is 5.32 Å². The zero-order chi connectivity index (χ0) is 60.0. The van der Waals surface area contributed by atoms with Gasteiger partial charge in [-0.2, -0.15) is 0 Å². The molecule has 1 amide bonds. The monoisotopic (exact) mass is 1170 g/mol. The topological polar surface area (TPSA) is 111 Å². The maximum absolute atomic E-state index is 13.6. The first kappa shape index (κ1) is 79.5. The molecule has 0 aromatic rings. The number of carbonyl (C=O) groups is 2. The predicted molar refractivity (Wildman–Crippen MR) is 355 cm³/mol. The number of carbonyl (C=O) groups excluding carboxylic acids is 2. The summed E-state index contributed by atoms with van der Waals surface area (Å²) in [6.07, 6.45) is 80.5. The zero-order valence-electron chi connectivity index (χ0n) is 54.7. The third-order valence-electron chi connectivity index (χ3n) is 15.4. The van der Waals surface area contributed by atoms with Gasteiger partial charge in [0, 0.05) is 12.8 Å². The van der Waals surface area contributed by atoms with E-state index in [-0.39, 0.29) is 31.5 Å². The summed E-state index contributed by atoms with van der Waals surface area (Å²) in [4.78, 5) is 37.9. The molecule has 0 aromatic heterocycles. The molecular formula is C72H134N2O7P+. The van der Waals surface area contributed by atoms with Crippen molar-refractivity contribution in [2.24, 2.45) is 0 Å². The molecule has 0 radical (unpaired) electrons. The van der Waals surface area contributed by atoms with E-state index in [4.69, 9.17) is 13.8 Å². The lowest BCUT2D eigenvalue weighted by molar-refractivity contribution is -0.870. The first-order chi connectivity index (χ1) is 39.9. The number of hydrogen-bond acceptors (Lipinski definition) is 6. The summed E-state index contributed by atoms with van der Waals surface area (Å²) in [7, 11) is 1.49. The number of esters is 1. The molecular weight excluding hydrogens is 1040 g/mol. The van der Waals surface area contributed by atoms with Gasteiger partial charge in [-0.1, -0.05) is 306 Å². The molecule has 478 valence electrons. The minimum Gasteiger partial charge on any atom is -0.456 e. The minimum absolute atomic E-state index is 0.0378. The van der Waals surface area contributed by atoms with Crippen molar-refractivity contribution in [3.8, 4) is 0 Å². The van der Waals surface area contributed by atoms with Crippen molar-refractivity contribution in [2.45, 2.75) is 335 Å². The van der Waals surface area contributed by atoms with E-state index in [2.05, 4.69) is 86.8 Å². The van der Waals surface area contributed by atoms with Gasteiger partial charge in [-0.05, 0) is 76.7 Å². The highest BCUT2D eigenvalue weighted by Gasteiger charge is 2.30. The summed E-state index contributed by atoms with van der Waals surface area (Å²) >= 11 is 0. The Balaban J connectivity index is 5.12. The van der Waals surface area contributed by atoms with Crippen molar-refractivity contribution in [2.75, 3.05) is 40.9 Å². The average Bonchev–Trinajstić information content (AvgIpc) is 3.44. The molecule has 0 rings (SSSR count). The SMILES string of the molecule is CC/C=C\C/C=C\C/C=C\C/C=C\C/C=C\CCCCCCCCCC(=O)OC(/C=C/CCCCCCCCCCCC)C(COP(=O)(O)OCC[N+](C)(C)C)NC(=O)CCCCCCCCCCCCCCCCCCCCCCC. The molecule has 0 aliphatic heterocycles. The van der Waals surface area contributed by atoms with Gasteiger partial charge in [0.25, 0.3) is 0 Å². The summed E-state index contributed by atoms with van der Waals surface area (Å²) in [5, 5.41) is 3.07. The second-order valence-electron chi connectivity index (χ2n) is 24.7. The molecule has 0 saturated carbocycles. The van der Waals surface area contributed by atoms with Gasteiger partial charge >= 0.3 is 13.8 Å². The van der Waals surface area contributed by atoms with Crippen molar-refractivity contribution in [1.29, 1.82) is 0 Å². The number of rotatable bonds is 63. The molecule has 0 fully saturated rings. The molecule has 0 saturated heterocycles. The van der Waals surface area contributed by atoms with E-state index in [1.807, 2.05) is 33.3 Å². The number of phosphoric ester groups is 1. The summed E-state index contributed by atoms with van der Waals surface area (Å²) in [5.41, 5.74) is 0. The molecule has 0 aliphatic rings. The Morgan fingerprint density at radius 2 is 0.780 bits per heavy atom. The van der Waals surface area contributed by atoms with Crippen LogP contribution in [0.15, 0.2) is 72.9 Å². The lowest BCUT2D eigenvalue weighted by Crippen LogP contribution is -2.47. The van der Waals surface area contributed by atoms with E-state index in [0.29, 0.717) is 17.4 Å². The highest BCUT2D eigenvalue weighted by atomic mass is 31.2. The number of amides is 1. The number of phosphoric acid groups is 1. The van der Waals surface area contributed by atoms with E-state index in [1.54, 1.807) is 0 Å². The number of nitrogens with zero attached hydrogens (tertiary/aromatic N) is 1. The normalized spacial score (nSPS) is 14.0. The largest absolute Gasteiger partial charge is 0.472 e. The summed E-state index contributed by atoms with van der Waals surface area (Å²) < 4.78 is 30.8. The van der Waals surface area contributed by atoms with Gasteiger partial charge in [0.1, 0.15) is 19.3 Å². The second kappa shape index (κ2) is 61.5. The van der Waals surface area contributed by atoms with Gasteiger partial charge in [0.15, 0.2) is 0 Å². The zero-order valence-corrected chi connectivity index (χ0v) is 55.6. The van der Waals surface area contributed by atoms with Crippen LogP contribution in [0.25, 0.3) is 0 Å². The summed E-state index contributed by atoms with van der Waals surface area (Å²) in [5.74, 6) is -0.507. The van der Waals surface area contributed by atoms with E-state index >= 15 is 0 Å². The number of quaternary nitrogens is 1. The molecule has 0 spiro atoms. The van der Waals surface area contributed by atoms with Crippen LogP contribution in [0.2, 0.25) is 0 Å². The van der Waals surface area contributed by atoms with E-state index in [1.165, 1.54) is 186 Å². The Labute approximate surface area is 508 Å². The molecule has 10 heteroatoms. The molecule has 0 aromatic carbocycles. The summed E-state index contributed by atoms with van der Waals surface area (Å²) in [6, 6.07) is -0.854. The van der Waals surface area contributed by atoms with Crippen molar-refractivity contribution >= 4 is 19.7 Å². The lowest BCUT2D eigenvalue weighted by Gasteiger charge is -2.27. The van der Waals surface area contributed by atoms with Crippen LogP contribution in [-0.4, -0.2) is 74.3 Å². The molecule has 82 heavy (non-hydrogen) atoms. The van der Waals surface area contributed by atoms with Crippen LogP contribution in [0, 0.1) is 0 Å².